The molecule has 116 valence electrons. The van der Waals surface area contributed by atoms with E-state index in [1.54, 1.807) is 38.2 Å². The van der Waals surface area contributed by atoms with Crippen LogP contribution in [0.1, 0.15) is 12.5 Å². The molecule has 0 radical (unpaired) electrons. The van der Waals surface area contributed by atoms with Crippen LogP contribution in [0.4, 0.5) is 11.4 Å². The lowest BCUT2D eigenvalue weighted by atomic mass is 10.1. The molecule has 0 spiro atoms. The van der Waals surface area contributed by atoms with Gasteiger partial charge in [-0.2, -0.15) is 0 Å². The molecular formula is C14H22N4O3. The number of nitrogens with one attached hydrogen (secondary N) is 1. The number of benzene rings is 1. The molecule has 0 aliphatic carbocycles. The first kappa shape index (κ1) is 16.9. The van der Waals surface area contributed by atoms with Crippen molar-refractivity contribution >= 4 is 17.3 Å². The molecule has 0 aliphatic heterocycles. The zero-order valence-corrected chi connectivity index (χ0v) is 12.9. The van der Waals surface area contributed by atoms with Crippen LogP contribution < -0.4 is 5.32 Å². The lowest BCUT2D eigenvalue weighted by molar-refractivity contribution is -0.384. The Morgan fingerprint density at radius 2 is 2.05 bits per heavy atom. The van der Waals surface area contributed by atoms with Gasteiger partial charge in [-0.05, 0) is 18.2 Å². The fourth-order valence-electron chi connectivity index (χ4n) is 1.91. The van der Waals surface area contributed by atoms with Crippen molar-refractivity contribution in [3.05, 3.63) is 33.9 Å². The summed E-state index contributed by atoms with van der Waals surface area (Å²) in [6.45, 7) is 3.61. The lowest BCUT2D eigenvalue weighted by Crippen LogP contribution is -2.36. The Bertz CT molecular complexity index is 517. The molecule has 0 unspecified atom stereocenters. The van der Waals surface area contributed by atoms with E-state index in [4.69, 9.17) is 0 Å². The first-order valence-corrected chi connectivity index (χ1v) is 6.76. The van der Waals surface area contributed by atoms with E-state index < -0.39 is 4.92 Å². The zero-order valence-electron chi connectivity index (χ0n) is 12.9. The van der Waals surface area contributed by atoms with E-state index in [9.17, 15) is 14.9 Å². The molecule has 0 bridgehead atoms. The number of rotatable bonds is 7. The number of nitro groups is 1. The highest BCUT2D eigenvalue weighted by molar-refractivity contribution is 5.77. The molecular weight excluding hydrogens is 272 g/mol. The fraction of sp³-hybridized carbons (Fsp3) is 0.500. The number of carbonyl (C=O) groups excluding carboxylic acids is 1. The molecule has 7 nitrogen and oxygen atoms in total. The van der Waals surface area contributed by atoms with Crippen molar-refractivity contribution in [3.63, 3.8) is 0 Å². The molecule has 1 N–H and O–H groups in total. The number of nitrogens with zero attached hydrogens (tertiary/aromatic N) is 3. The van der Waals surface area contributed by atoms with Gasteiger partial charge in [-0.3, -0.25) is 19.8 Å². The Hall–Kier alpha value is -2.15. The van der Waals surface area contributed by atoms with Gasteiger partial charge in [0, 0.05) is 33.8 Å². The number of hydrogen-bond donors (Lipinski definition) is 1. The average Bonchev–Trinajstić information content (AvgIpc) is 2.45. The van der Waals surface area contributed by atoms with Crippen LogP contribution in [0.2, 0.25) is 0 Å². The summed E-state index contributed by atoms with van der Waals surface area (Å²) in [5, 5.41) is 13.7. The third-order valence-electron chi connectivity index (χ3n) is 3.24. The SMILES string of the molecule is CCN(CC(=O)N(C)C)Cc1ccc([N+](=O)[O-])c(NC)c1. The molecule has 0 saturated heterocycles. The van der Waals surface area contributed by atoms with Crippen LogP contribution in [0.15, 0.2) is 18.2 Å². The van der Waals surface area contributed by atoms with E-state index >= 15 is 0 Å². The van der Waals surface area contributed by atoms with Gasteiger partial charge in [0.15, 0.2) is 0 Å². The van der Waals surface area contributed by atoms with Crippen LogP contribution >= 0.6 is 0 Å². The third kappa shape index (κ3) is 4.71. The first-order chi connectivity index (χ1) is 9.88. The molecule has 0 heterocycles. The lowest BCUT2D eigenvalue weighted by Gasteiger charge is -2.22. The molecule has 1 aromatic carbocycles. The largest absolute Gasteiger partial charge is 0.383 e. The highest BCUT2D eigenvalue weighted by Gasteiger charge is 2.15. The van der Waals surface area contributed by atoms with Gasteiger partial charge in [-0.15, -0.1) is 0 Å². The van der Waals surface area contributed by atoms with E-state index in [0.29, 0.717) is 18.8 Å². The molecule has 1 aromatic rings. The van der Waals surface area contributed by atoms with Gasteiger partial charge in [0.2, 0.25) is 5.91 Å². The zero-order chi connectivity index (χ0) is 16.0. The summed E-state index contributed by atoms with van der Waals surface area (Å²) in [6.07, 6.45) is 0. The van der Waals surface area contributed by atoms with E-state index in [1.165, 1.54) is 6.07 Å². The summed E-state index contributed by atoms with van der Waals surface area (Å²) < 4.78 is 0. The van der Waals surface area contributed by atoms with Gasteiger partial charge in [0.05, 0.1) is 11.5 Å². The summed E-state index contributed by atoms with van der Waals surface area (Å²) in [6, 6.07) is 4.96. The van der Waals surface area contributed by atoms with Gasteiger partial charge < -0.3 is 10.2 Å². The monoisotopic (exact) mass is 294 g/mol. The normalized spacial score (nSPS) is 10.5. The van der Waals surface area contributed by atoms with E-state index in [0.717, 1.165) is 12.1 Å². The standard InChI is InChI=1S/C14H22N4O3/c1-5-17(10-14(19)16(3)4)9-11-6-7-13(18(20)21)12(8-11)15-2/h6-8,15H,5,9-10H2,1-4H3. The van der Waals surface area contributed by atoms with Gasteiger partial charge in [0.1, 0.15) is 5.69 Å². The smallest absolute Gasteiger partial charge is 0.292 e. The highest BCUT2D eigenvalue weighted by Crippen LogP contribution is 2.25. The average molecular weight is 294 g/mol. The first-order valence-electron chi connectivity index (χ1n) is 6.76. The number of anilines is 1. The topological polar surface area (TPSA) is 78.7 Å². The van der Waals surface area contributed by atoms with Gasteiger partial charge in [0.25, 0.3) is 5.69 Å². The van der Waals surface area contributed by atoms with Crippen LogP contribution in [0.25, 0.3) is 0 Å². The highest BCUT2D eigenvalue weighted by atomic mass is 16.6. The second-order valence-corrected chi connectivity index (χ2v) is 4.95. The molecule has 0 atom stereocenters. The third-order valence-corrected chi connectivity index (χ3v) is 3.24. The quantitative estimate of drug-likeness (QED) is 0.609. The van der Waals surface area contributed by atoms with Crippen LogP contribution in [-0.4, -0.2) is 54.9 Å². The Balaban J connectivity index is 2.85. The maximum atomic E-state index is 11.8. The van der Waals surface area contributed by atoms with Crippen molar-refractivity contribution < 1.29 is 9.72 Å². The van der Waals surface area contributed by atoms with Crippen LogP contribution in [0.3, 0.4) is 0 Å². The second-order valence-electron chi connectivity index (χ2n) is 4.95. The Labute approximate surface area is 124 Å². The number of carbonyl (C=O) groups is 1. The van der Waals surface area contributed by atoms with Crippen molar-refractivity contribution in [1.82, 2.24) is 9.80 Å². The predicted molar refractivity (Wildman–Crippen MR) is 82.3 cm³/mol. The van der Waals surface area contributed by atoms with Crippen molar-refractivity contribution in [2.75, 3.05) is 39.5 Å². The number of amides is 1. The van der Waals surface area contributed by atoms with E-state index in [2.05, 4.69) is 5.32 Å². The summed E-state index contributed by atoms with van der Waals surface area (Å²) in [5.41, 5.74) is 1.46. The van der Waals surface area contributed by atoms with Gasteiger partial charge in [-0.1, -0.05) is 13.0 Å². The minimum atomic E-state index is -0.414. The molecule has 21 heavy (non-hydrogen) atoms. The van der Waals surface area contributed by atoms with E-state index in [1.807, 2.05) is 11.8 Å². The Kier molecular flexibility index (Phi) is 6.10. The van der Waals surface area contributed by atoms with E-state index in [-0.39, 0.29) is 11.6 Å². The van der Waals surface area contributed by atoms with Crippen molar-refractivity contribution in [2.24, 2.45) is 0 Å². The molecule has 0 aliphatic rings. The predicted octanol–water partition coefficient (Wildman–Crippen LogP) is 1.55. The molecule has 0 aromatic heterocycles. The van der Waals surface area contributed by atoms with Crippen LogP contribution in [0.5, 0.6) is 0 Å². The second kappa shape index (κ2) is 7.58. The molecule has 7 heteroatoms. The number of hydrogen-bond acceptors (Lipinski definition) is 5. The summed E-state index contributed by atoms with van der Waals surface area (Å²) in [7, 11) is 5.10. The summed E-state index contributed by atoms with van der Waals surface area (Å²) in [4.78, 5) is 25.8. The van der Waals surface area contributed by atoms with Crippen molar-refractivity contribution in [2.45, 2.75) is 13.5 Å². The van der Waals surface area contributed by atoms with Crippen LogP contribution in [-0.2, 0) is 11.3 Å². The number of likely N-dealkylation sites (N-methyl/N-ethyl adjacent to an activating group) is 2. The molecule has 1 rings (SSSR count). The minimum absolute atomic E-state index is 0.0348. The minimum Gasteiger partial charge on any atom is -0.383 e. The molecule has 0 fully saturated rings. The maximum Gasteiger partial charge on any atom is 0.292 e. The van der Waals surface area contributed by atoms with Crippen molar-refractivity contribution in [3.8, 4) is 0 Å². The Morgan fingerprint density at radius 1 is 1.38 bits per heavy atom. The molecule has 0 saturated carbocycles. The van der Waals surface area contributed by atoms with Crippen LogP contribution in [0, 0.1) is 10.1 Å². The summed E-state index contributed by atoms with van der Waals surface area (Å²) >= 11 is 0. The summed E-state index contributed by atoms with van der Waals surface area (Å²) in [5.74, 6) is 0.0348. The fourth-order valence-corrected chi connectivity index (χ4v) is 1.91. The van der Waals surface area contributed by atoms with Crippen molar-refractivity contribution in [1.29, 1.82) is 0 Å². The van der Waals surface area contributed by atoms with Gasteiger partial charge in [-0.25, -0.2) is 0 Å². The molecule has 1 amide bonds. The van der Waals surface area contributed by atoms with Gasteiger partial charge >= 0.3 is 0 Å². The maximum absolute atomic E-state index is 11.8. The number of nitro benzene ring substituents is 1. The Morgan fingerprint density at radius 3 is 2.52 bits per heavy atom.